The zero-order chi connectivity index (χ0) is 14.6. The zero-order valence-corrected chi connectivity index (χ0v) is 11.5. The highest BCUT2D eigenvalue weighted by Crippen LogP contribution is 2.20. The first-order valence-electron chi connectivity index (χ1n) is 5.35. The molecular weight excluding hydrogens is 272 g/mol. The molecule has 0 aliphatic carbocycles. The molecule has 0 fully saturated rings. The minimum Gasteiger partial charge on any atom is -0.481 e. The van der Waals surface area contributed by atoms with Gasteiger partial charge in [0.05, 0.1) is 5.41 Å². The summed E-state index contributed by atoms with van der Waals surface area (Å²) in [6, 6.07) is -0.762. The van der Waals surface area contributed by atoms with E-state index in [1.54, 1.807) is 6.92 Å². The van der Waals surface area contributed by atoms with Crippen LogP contribution in [0.1, 0.15) is 26.1 Å². The molecule has 0 aliphatic heterocycles. The topological polar surface area (TPSA) is 121 Å². The first-order chi connectivity index (χ1) is 8.70. The molecule has 8 nitrogen and oxygen atoms in total. The van der Waals surface area contributed by atoms with Gasteiger partial charge in [0.25, 0.3) is 0 Å². The van der Waals surface area contributed by atoms with Gasteiger partial charge in [-0.05, 0) is 20.8 Å². The lowest BCUT2D eigenvalue weighted by molar-refractivity contribution is -0.149. The number of anilines is 1. The summed E-state index contributed by atoms with van der Waals surface area (Å²) in [6.07, 6.45) is -0.301. The van der Waals surface area contributed by atoms with E-state index in [4.69, 9.17) is 5.11 Å². The number of nitrogens with one attached hydrogen (secondary N) is 2. The maximum absolute atomic E-state index is 11.5. The number of rotatable bonds is 4. The molecule has 1 aromatic rings. The lowest BCUT2D eigenvalue weighted by Gasteiger charge is -2.17. The van der Waals surface area contributed by atoms with Crippen LogP contribution in [0.2, 0.25) is 0 Å². The Balaban J connectivity index is 2.49. The Labute approximate surface area is 113 Å². The number of aryl methyl sites for hydroxylation is 1. The summed E-state index contributed by atoms with van der Waals surface area (Å²) in [6.45, 7) is 4.47. The molecule has 0 atom stereocenters. The van der Waals surface area contributed by atoms with Crippen LogP contribution in [0.15, 0.2) is 0 Å². The van der Waals surface area contributed by atoms with Gasteiger partial charge < -0.3 is 5.11 Å². The minimum atomic E-state index is -1.23. The molecular formula is C10H14N4O4S. The van der Waals surface area contributed by atoms with Gasteiger partial charge in [-0.2, -0.15) is 4.37 Å². The van der Waals surface area contributed by atoms with Gasteiger partial charge in [-0.1, -0.05) is 0 Å². The summed E-state index contributed by atoms with van der Waals surface area (Å²) >= 11 is 0.985. The van der Waals surface area contributed by atoms with E-state index in [1.165, 1.54) is 13.8 Å². The Morgan fingerprint density at radius 2 is 2.00 bits per heavy atom. The number of carbonyl (C=O) groups excluding carboxylic acids is 2. The fourth-order valence-electron chi connectivity index (χ4n) is 1.12. The smallest absolute Gasteiger partial charge is 0.327 e. The molecule has 0 saturated heterocycles. The molecule has 0 spiro atoms. The van der Waals surface area contributed by atoms with Gasteiger partial charge in [-0.25, -0.2) is 9.78 Å². The van der Waals surface area contributed by atoms with Crippen molar-refractivity contribution >= 4 is 34.6 Å². The van der Waals surface area contributed by atoms with E-state index in [9.17, 15) is 14.4 Å². The monoisotopic (exact) mass is 286 g/mol. The Morgan fingerprint density at radius 3 is 2.47 bits per heavy atom. The SMILES string of the molecule is Cc1nsc(NC(=O)NC(=O)CC(C)(C)C(=O)O)n1. The third-order valence-electron chi connectivity index (χ3n) is 2.18. The van der Waals surface area contributed by atoms with Crippen LogP contribution in [0.3, 0.4) is 0 Å². The highest BCUT2D eigenvalue weighted by atomic mass is 32.1. The van der Waals surface area contributed by atoms with Crippen molar-refractivity contribution in [2.45, 2.75) is 27.2 Å². The minimum absolute atomic E-state index is 0.264. The quantitative estimate of drug-likeness (QED) is 0.759. The van der Waals surface area contributed by atoms with Crippen LogP contribution in [0.4, 0.5) is 9.93 Å². The Morgan fingerprint density at radius 1 is 1.37 bits per heavy atom. The normalized spacial score (nSPS) is 10.9. The van der Waals surface area contributed by atoms with Gasteiger partial charge in [0.2, 0.25) is 11.0 Å². The van der Waals surface area contributed by atoms with E-state index in [2.05, 4.69) is 14.7 Å². The molecule has 1 heterocycles. The average Bonchev–Trinajstić information content (AvgIpc) is 2.61. The third-order valence-corrected chi connectivity index (χ3v) is 2.90. The van der Waals surface area contributed by atoms with Crippen LogP contribution in [0.25, 0.3) is 0 Å². The van der Waals surface area contributed by atoms with Crippen LogP contribution >= 0.6 is 11.5 Å². The van der Waals surface area contributed by atoms with Gasteiger partial charge in [0.1, 0.15) is 5.82 Å². The predicted octanol–water partition coefficient (Wildman–Crippen LogP) is 0.996. The van der Waals surface area contributed by atoms with Crippen molar-refractivity contribution in [3.05, 3.63) is 5.82 Å². The van der Waals surface area contributed by atoms with Crippen LogP contribution in [-0.2, 0) is 9.59 Å². The fourth-order valence-corrected chi connectivity index (χ4v) is 1.69. The van der Waals surface area contributed by atoms with Gasteiger partial charge in [0, 0.05) is 18.0 Å². The number of amides is 3. The number of urea groups is 1. The van der Waals surface area contributed by atoms with Crippen molar-refractivity contribution in [2.75, 3.05) is 5.32 Å². The molecule has 0 aromatic carbocycles. The summed E-state index contributed by atoms with van der Waals surface area (Å²) in [7, 11) is 0. The summed E-state index contributed by atoms with van der Waals surface area (Å²) in [5, 5.41) is 13.5. The summed E-state index contributed by atoms with van der Waals surface area (Å²) in [4.78, 5) is 37.7. The molecule has 104 valence electrons. The van der Waals surface area contributed by atoms with Crippen LogP contribution in [0, 0.1) is 12.3 Å². The van der Waals surface area contributed by atoms with E-state index >= 15 is 0 Å². The zero-order valence-electron chi connectivity index (χ0n) is 10.7. The number of imide groups is 1. The highest BCUT2D eigenvalue weighted by molar-refractivity contribution is 7.09. The number of hydrogen-bond acceptors (Lipinski definition) is 6. The largest absolute Gasteiger partial charge is 0.481 e. The van der Waals surface area contributed by atoms with E-state index in [0.717, 1.165) is 11.5 Å². The summed E-state index contributed by atoms with van der Waals surface area (Å²) < 4.78 is 3.86. The number of carboxylic acid groups (broad SMARTS) is 1. The van der Waals surface area contributed by atoms with Gasteiger partial charge >= 0.3 is 12.0 Å². The van der Waals surface area contributed by atoms with Crippen molar-refractivity contribution in [3.8, 4) is 0 Å². The van der Waals surface area contributed by atoms with Crippen molar-refractivity contribution in [1.29, 1.82) is 0 Å². The van der Waals surface area contributed by atoms with E-state index in [-0.39, 0.29) is 11.6 Å². The molecule has 1 rings (SSSR count). The number of aromatic nitrogens is 2. The molecule has 9 heteroatoms. The first kappa shape index (κ1) is 15.0. The molecule has 0 saturated carbocycles. The molecule has 1 aromatic heterocycles. The van der Waals surface area contributed by atoms with Crippen LogP contribution < -0.4 is 10.6 Å². The molecule has 0 bridgehead atoms. The molecule has 3 amide bonds. The van der Waals surface area contributed by atoms with Crippen LogP contribution in [-0.4, -0.2) is 32.4 Å². The second-order valence-corrected chi connectivity index (χ2v) is 5.27. The molecule has 0 radical (unpaired) electrons. The maximum Gasteiger partial charge on any atom is 0.327 e. The third kappa shape index (κ3) is 4.62. The first-order valence-corrected chi connectivity index (χ1v) is 6.12. The molecule has 0 aliphatic rings. The number of carbonyl (C=O) groups is 3. The molecule has 0 unspecified atom stereocenters. The highest BCUT2D eigenvalue weighted by Gasteiger charge is 2.30. The number of carboxylic acids is 1. The second-order valence-electron chi connectivity index (χ2n) is 4.51. The van der Waals surface area contributed by atoms with Gasteiger partial charge in [0.15, 0.2) is 0 Å². The lowest BCUT2D eigenvalue weighted by Crippen LogP contribution is -2.38. The van der Waals surface area contributed by atoms with Crippen LogP contribution in [0.5, 0.6) is 0 Å². The average molecular weight is 286 g/mol. The van der Waals surface area contributed by atoms with Crippen molar-refractivity contribution in [3.63, 3.8) is 0 Å². The van der Waals surface area contributed by atoms with Crippen molar-refractivity contribution < 1.29 is 19.5 Å². The summed E-state index contributed by atoms with van der Waals surface area (Å²) in [5.41, 5.74) is -1.23. The van der Waals surface area contributed by atoms with Crippen molar-refractivity contribution in [2.24, 2.45) is 5.41 Å². The predicted molar refractivity (Wildman–Crippen MR) is 67.8 cm³/mol. The van der Waals surface area contributed by atoms with Crippen molar-refractivity contribution in [1.82, 2.24) is 14.7 Å². The Kier molecular flexibility index (Phi) is 4.54. The maximum atomic E-state index is 11.5. The lowest BCUT2D eigenvalue weighted by atomic mass is 9.89. The number of nitrogens with zero attached hydrogens (tertiary/aromatic N) is 2. The van der Waals surface area contributed by atoms with E-state index < -0.39 is 23.3 Å². The number of hydrogen-bond donors (Lipinski definition) is 3. The second kappa shape index (κ2) is 5.74. The van der Waals surface area contributed by atoms with E-state index in [1.807, 2.05) is 5.32 Å². The van der Waals surface area contributed by atoms with E-state index in [0.29, 0.717) is 5.82 Å². The molecule has 3 N–H and O–H groups in total. The molecule has 19 heavy (non-hydrogen) atoms. The Bertz CT molecular complexity index is 511. The van der Waals surface area contributed by atoms with Gasteiger partial charge in [-0.15, -0.1) is 0 Å². The standard InChI is InChI=1S/C10H14N4O4S/c1-5-11-9(19-14-5)13-8(18)12-6(15)4-10(2,3)7(16)17/h4H2,1-3H3,(H,16,17)(H2,11,12,13,14,15,18). The number of aliphatic carboxylic acids is 1. The summed E-state index contributed by atoms with van der Waals surface area (Å²) in [5.74, 6) is -1.27. The van der Waals surface area contributed by atoms with Gasteiger partial charge in [-0.3, -0.25) is 20.2 Å². The Hall–Kier alpha value is -2.03. The fraction of sp³-hybridized carbons (Fsp3) is 0.500.